The summed E-state index contributed by atoms with van der Waals surface area (Å²) in [6.45, 7) is 2.58. The van der Waals surface area contributed by atoms with Gasteiger partial charge in [0.1, 0.15) is 0 Å². The Labute approximate surface area is 149 Å². The maximum Gasteiger partial charge on any atom is 0.240 e. The topological polar surface area (TPSA) is 36.4 Å². The number of hydrogen-bond donors (Lipinski definition) is 0. The number of benzene rings is 1. The molecule has 130 valence electrons. The van der Waals surface area contributed by atoms with Crippen LogP contribution in [-0.2, 0) is 17.8 Å². The summed E-state index contributed by atoms with van der Waals surface area (Å²) in [6.07, 6.45) is 6.64. The predicted octanol–water partition coefficient (Wildman–Crippen LogP) is 2.84. The lowest BCUT2D eigenvalue weighted by Crippen LogP contribution is -2.51. The predicted molar refractivity (Wildman–Crippen MR) is 98.2 cm³/mol. The fourth-order valence-electron chi connectivity index (χ4n) is 4.21. The molecule has 1 amide bonds. The van der Waals surface area contributed by atoms with Crippen LogP contribution in [0.3, 0.4) is 0 Å². The van der Waals surface area contributed by atoms with Crippen molar-refractivity contribution >= 4 is 5.91 Å². The molecule has 3 heterocycles. The highest BCUT2D eigenvalue weighted by atomic mass is 16.2. The van der Waals surface area contributed by atoms with Crippen molar-refractivity contribution in [3.63, 3.8) is 0 Å². The summed E-state index contributed by atoms with van der Waals surface area (Å²) in [4.78, 5) is 21.5. The highest BCUT2D eigenvalue weighted by molar-refractivity contribution is 5.82. The van der Waals surface area contributed by atoms with Crippen molar-refractivity contribution in [1.82, 2.24) is 14.8 Å². The monoisotopic (exact) mass is 335 g/mol. The van der Waals surface area contributed by atoms with Crippen LogP contribution < -0.4 is 0 Å². The second kappa shape index (κ2) is 6.96. The Morgan fingerprint density at radius 3 is 2.44 bits per heavy atom. The van der Waals surface area contributed by atoms with E-state index in [1.807, 2.05) is 12.4 Å². The van der Waals surface area contributed by atoms with Crippen molar-refractivity contribution in [2.45, 2.75) is 37.8 Å². The SMILES string of the molecule is CN1Cc2ccccc2CC1C(=O)N1CCC(c2ccncc2)CC1. The normalized spacial score (nSPS) is 21.8. The molecule has 1 unspecified atom stereocenters. The molecule has 4 heteroatoms. The second-order valence-electron chi connectivity index (χ2n) is 7.28. The Kier molecular flexibility index (Phi) is 4.53. The first-order chi connectivity index (χ1) is 12.2. The number of nitrogens with zero attached hydrogens (tertiary/aromatic N) is 3. The Morgan fingerprint density at radius 2 is 1.72 bits per heavy atom. The number of likely N-dealkylation sites (tertiary alicyclic amines) is 1. The number of pyridine rings is 1. The molecule has 0 N–H and O–H groups in total. The highest BCUT2D eigenvalue weighted by Gasteiger charge is 2.33. The lowest BCUT2D eigenvalue weighted by atomic mass is 9.89. The van der Waals surface area contributed by atoms with Gasteiger partial charge in [-0.15, -0.1) is 0 Å². The minimum absolute atomic E-state index is 0.0209. The maximum absolute atomic E-state index is 13.1. The summed E-state index contributed by atoms with van der Waals surface area (Å²) in [5.74, 6) is 0.849. The van der Waals surface area contributed by atoms with E-state index in [9.17, 15) is 4.79 Å². The molecule has 2 aliphatic heterocycles. The summed E-state index contributed by atoms with van der Waals surface area (Å²) in [5, 5.41) is 0. The van der Waals surface area contributed by atoms with Crippen LogP contribution in [-0.4, -0.2) is 46.9 Å². The summed E-state index contributed by atoms with van der Waals surface area (Å²) in [7, 11) is 2.07. The molecule has 2 aromatic rings. The third-order valence-electron chi connectivity index (χ3n) is 5.75. The minimum Gasteiger partial charge on any atom is -0.341 e. The van der Waals surface area contributed by atoms with E-state index in [1.54, 1.807) is 0 Å². The zero-order chi connectivity index (χ0) is 17.2. The molecule has 1 saturated heterocycles. The number of amides is 1. The Bertz CT molecular complexity index is 738. The number of aromatic nitrogens is 1. The van der Waals surface area contributed by atoms with Gasteiger partial charge in [0.25, 0.3) is 0 Å². The summed E-state index contributed by atoms with van der Waals surface area (Å²) in [5.41, 5.74) is 4.03. The number of rotatable bonds is 2. The smallest absolute Gasteiger partial charge is 0.240 e. The molecule has 0 bridgehead atoms. The Morgan fingerprint density at radius 1 is 1.04 bits per heavy atom. The number of hydrogen-bond acceptors (Lipinski definition) is 3. The van der Waals surface area contributed by atoms with Crippen LogP contribution in [0.25, 0.3) is 0 Å². The fraction of sp³-hybridized carbons (Fsp3) is 0.429. The third-order valence-corrected chi connectivity index (χ3v) is 5.75. The lowest BCUT2D eigenvalue weighted by molar-refractivity contribution is -0.138. The standard InChI is InChI=1S/C21H25N3O/c1-23-15-19-5-3-2-4-18(19)14-20(23)21(25)24-12-8-17(9-13-24)16-6-10-22-11-7-16/h2-7,10-11,17,20H,8-9,12-15H2,1H3. The molecule has 1 fully saturated rings. The van der Waals surface area contributed by atoms with Crippen LogP contribution in [0.1, 0.15) is 35.4 Å². The summed E-state index contributed by atoms with van der Waals surface area (Å²) < 4.78 is 0. The van der Waals surface area contributed by atoms with Gasteiger partial charge in [0.15, 0.2) is 0 Å². The second-order valence-corrected chi connectivity index (χ2v) is 7.28. The molecule has 0 radical (unpaired) electrons. The van der Waals surface area contributed by atoms with Crippen molar-refractivity contribution in [1.29, 1.82) is 0 Å². The zero-order valence-electron chi connectivity index (χ0n) is 14.8. The van der Waals surface area contributed by atoms with E-state index in [1.165, 1.54) is 16.7 Å². The molecule has 25 heavy (non-hydrogen) atoms. The van der Waals surface area contributed by atoms with Gasteiger partial charge in [-0.3, -0.25) is 14.7 Å². The maximum atomic E-state index is 13.1. The van der Waals surface area contributed by atoms with Crippen molar-refractivity contribution in [2.75, 3.05) is 20.1 Å². The molecule has 1 aromatic carbocycles. The number of likely N-dealkylation sites (N-methyl/N-ethyl adjacent to an activating group) is 1. The third kappa shape index (κ3) is 3.31. The summed E-state index contributed by atoms with van der Waals surface area (Å²) in [6, 6.07) is 12.7. The van der Waals surface area contributed by atoms with Gasteiger partial charge in [0.05, 0.1) is 6.04 Å². The highest BCUT2D eigenvalue weighted by Crippen LogP contribution is 2.29. The van der Waals surface area contributed by atoms with Crippen LogP contribution in [0.15, 0.2) is 48.8 Å². The minimum atomic E-state index is -0.0209. The molecular formula is C21H25N3O. The first-order valence-corrected chi connectivity index (χ1v) is 9.18. The molecule has 4 nitrogen and oxygen atoms in total. The van der Waals surface area contributed by atoms with E-state index in [4.69, 9.17) is 0 Å². The van der Waals surface area contributed by atoms with E-state index < -0.39 is 0 Å². The van der Waals surface area contributed by atoms with Crippen molar-refractivity contribution in [2.24, 2.45) is 0 Å². The van der Waals surface area contributed by atoms with E-state index in [0.29, 0.717) is 11.8 Å². The van der Waals surface area contributed by atoms with E-state index in [0.717, 1.165) is 38.9 Å². The van der Waals surface area contributed by atoms with Gasteiger partial charge in [-0.1, -0.05) is 24.3 Å². The van der Waals surface area contributed by atoms with Gasteiger partial charge in [0.2, 0.25) is 5.91 Å². The van der Waals surface area contributed by atoms with Gasteiger partial charge in [-0.2, -0.15) is 0 Å². The number of fused-ring (bicyclic) bond motifs is 1. The molecule has 0 aliphatic carbocycles. The zero-order valence-corrected chi connectivity index (χ0v) is 14.8. The Balaban J connectivity index is 1.41. The van der Waals surface area contributed by atoms with E-state index in [-0.39, 0.29) is 6.04 Å². The van der Waals surface area contributed by atoms with Crippen molar-refractivity contribution in [3.8, 4) is 0 Å². The number of carbonyl (C=O) groups excluding carboxylic acids is 1. The molecule has 0 spiro atoms. The van der Waals surface area contributed by atoms with Crippen molar-refractivity contribution < 1.29 is 4.79 Å². The van der Waals surface area contributed by atoms with Gasteiger partial charge >= 0.3 is 0 Å². The van der Waals surface area contributed by atoms with Gasteiger partial charge in [-0.25, -0.2) is 0 Å². The first-order valence-electron chi connectivity index (χ1n) is 9.18. The first kappa shape index (κ1) is 16.3. The van der Waals surface area contributed by atoms with Crippen LogP contribution in [0.4, 0.5) is 0 Å². The van der Waals surface area contributed by atoms with Crippen LogP contribution >= 0.6 is 0 Å². The van der Waals surface area contributed by atoms with Gasteiger partial charge in [0, 0.05) is 32.0 Å². The van der Waals surface area contributed by atoms with Crippen LogP contribution in [0, 0.1) is 0 Å². The molecular weight excluding hydrogens is 310 g/mol. The Hall–Kier alpha value is -2.20. The fourth-order valence-corrected chi connectivity index (χ4v) is 4.21. The van der Waals surface area contributed by atoms with Crippen molar-refractivity contribution in [3.05, 3.63) is 65.5 Å². The number of carbonyl (C=O) groups is 1. The average Bonchev–Trinajstić information content (AvgIpc) is 2.68. The quantitative estimate of drug-likeness (QED) is 0.847. The molecule has 2 aliphatic rings. The molecule has 1 atom stereocenters. The molecule has 0 saturated carbocycles. The van der Waals surface area contributed by atoms with Gasteiger partial charge in [-0.05, 0) is 61.1 Å². The average molecular weight is 335 g/mol. The lowest BCUT2D eigenvalue weighted by Gasteiger charge is -2.39. The largest absolute Gasteiger partial charge is 0.341 e. The van der Waals surface area contributed by atoms with E-state index >= 15 is 0 Å². The molecule has 1 aromatic heterocycles. The molecule has 4 rings (SSSR count). The number of piperidine rings is 1. The summed E-state index contributed by atoms with van der Waals surface area (Å²) >= 11 is 0. The van der Waals surface area contributed by atoms with Gasteiger partial charge < -0.3 is 4.90 Å². The van der Waals surface area contributed by atoms with Crippen LogP contribution in [0.5, 0.6) is 0 Å². The van der Waals surface area contributed by atoms with Crippen LogP contribution in [0.2, 0.25) is 0 Å². The van der Waals surface area contributed by atoms with E-state index in [2.05, 4.69) is 58.2 Å².